The standard InChI is InChI=1S/C17H20N4O2/c1-21(12-9-14-7-10-18-11-8-14)16(22)13-19-17(23)20-15-5-3-2-4-6-15/h2-8,10-11H,9,12-13H2,1H3,(H2,19,20,23). The average Bonchev–Trinajstić information content (AvgIpc) is 2.59. The van der Waals surface area contributed by atoms with Gasteiger partial charge in [-0.2, -0.15) is 0 Å². The molecule has 0 saturated heterocycles. The number of para-hydroxylation sites is 1. The number of anilines is 1. The Labute approximate surface area is 135 Å². The van der Waals surface area contributed by atoms with Gasteiger partial charge in [0, 0.05) is 31.7 Å². The molecule has 0 bridgehead atoms. The van der Waals surface area contributed by atoms with Crippen LogP contribution in [0.1, 0.15) is 5.56 Å². The van der Waals surface area contributed by atoms with Gasteiger partial charge in [-0.25, -0.2) is 4.79 Å². The summed E-state index contributed by atoms with van der Waals surface area (Å²) in [7, 11) is 1.72. The molecule has 0 fully saturated rings. The molecular formula is C17H20N4O2. The van der Waals surface area contributed by atoms with E-state index in [2.05, 4.69) is 15.6 Å². The molecule has 1 aromatic carbocycles. The van der Waals surface area contributed by atoms with Crippen LogP contribution in [-0.4, -0.2) is 42.0 Å². The van der Waals surface area contributed by atoms with E-state index in [1.807, 2.05) is 30.3 Å². The van der Waals surface area contributed by atoms with Gasteiger partial charge in [0.1, 0.15) is 0 Å². The summed E-state index contributed by atoms with van der Waals surface area (Å²) in [5, 5.41) is 5.23. The zero-order valence-corrected chi connectivity index (χ0v) is 13.0. The van der Waals surface area contributed by atoms with Crippen LogP contribution in [0, 0.1) is 0 Å². The summed E-state index contributed by atoms with van der Waals surface area (Å²) in [4.78, 5) is 29.3. The zero-order valence-electron chi connectivity index (χ0n) is 13.0. The first-order chi connectivity index (χ1) is 11.1. The van der Waals surface area contributed by atoms with Gasteiger partial charge in [-0.3, -0.25) is 9.78 Å². The molecule has 120 valence electrons. The quantitative estimate of drug-likeness (QED) is 0.855. The normalized spacial score (nSPS) is 9.96. The van der Waals surface area contributed by atoms with Crippen LogP contribution in [0.15, 0.2) is 54.9 Å². The van der Waals surface area contributed by atoms with Gasteiger partial charge in [-0.1, -0.05) is 18.2 Å². The van der Waals surface area contributed by atoms with Gasteiger partial charge in [-0.05, 0) is 36.2 Å². The fourth-order valence-electron chi connectivity index (χ4n) is 1.96. The number of pyridine rings is 1. The van der Waals surface area contributed by atoms with E-state index in [-0.39, 0.29) is 12.5 Å². The Hall–Kier alpha value is -2.89. The van der Waals surface area contributed by atoms with Crippen molar-refractivity contribution in [2.24, 2.45) is 0 Å². The van der Waals surface area contributed by atoms with Crippen LogP contribution < -0.4 is 10.6 Å². The Bertz CT molecular complexity index is 632. The highest BCUT2D eigenvalue weighted by molar-refractivity contribution is 5.92. The molecule has 6 nitrogen and oxygen atoms in total. The van der Waals surface area contributed by atoms with Gasteiger partial charge in [0.25, 0.3) is 0 Å². The Morgan fingerprint density at radius 2 is 1.78 bits per heavy atom. The number of amides is 3. The predicted molar refractivity (Wildman–Crippen MR) is 89.0 cm³/mol. The zero-order chi connectivity index (χ0) is 16.5. The molecule has 0 radical (unpaired) electrons. The summed E-state index contributed by atoms with van der Waals surface area (Å²) < 4.78 is 0. The third-order valence-electron chi connectivity index (χ3n) is 3.34. The monoisotopic (exact) mass is 312 g/mol. The van der Waals surface area contributed by atoms with E-state index in [9.17, 15) is 9.59 Å². The van der Waals surface area contributed by atoms with Gasteiger partial charge in [-0.15, -0.1) is 0 Å². The van der Waals surface area contributed by atoms with Crippen LogP contribution in [0.2, 0.25) is 0 Å². The lowest BCUT2D eigenvalue weighted by Gasteiger charge is -2.17. The van der Waals surface area contributed by atoms with Crippen LogP contribution in [0.4, 0.5) is 10.5 Å². The number of likely N-dealkylation sites (N-methyl/N-ethyl adjacent to an activating group) is 1. The predicted octanol–water partition coefficient (Wildman–Crippen LogP) is 1.90. The van der Waals surface area contributed by atoms with Crippen molar-refractivity contribution >= 4 is 17.6 Å². The second kappa shape index (κ2) is 8.53. The second-order valence-corrected chi connectivity index (χ2v) is 5.09. The summed E-state index contributed by atoms with van der Waals surface area (Å²) in [6.07, 6.45) is 4.21. The van der Waals surface area contributed by atoms with Crippen LogP contribution in [0.25, 0.3) is 0 Å². The van der Waals surface area contributed by atoms with Crippen LogP contribution in [-0.2, 0) is 11.2 Å². The number of hydrogen-bond acceptors (Lipinski definition) is 3. The number of benzene rings is 1. The first-order valence-electron chi connectivity index (χ1n) is 7.38. The molecule has 2 rings (SSSR count). The minimum Gasteiger partial charge on any atom is -0.344 e. The van der Waals surface area contributed by atoms with Crippen molar-refractivity contribution in [3.63, 3.8) is 0 Å². The van der Waals surface area contributed by atoms with Crippen molar-refractivity contribution in [2.75, 3.05) is 25.5 Å². The summed E-state index contributed by atoms with van der Waals surface area (Å²) in [5.41, 5.74) is 1.80. The highest BCUT2D eigenvalue weighted by Gasteiger charge is 2.10. The molecule has 0 saturated carbocycles. The molecule has 2 N–H and O–H groups in total. The molecular weight excluding hydrogens is 292 g/mol. The molecule has 0 aliphatic heterocycles. The molecule has 0 aliphatic rings. The molecule has 23 heavy (non-hydrogen) atoms. The molecule has 1 aromatic heterocycles. The number of carbonyl (C=O) groups excluding carboxylic acids is 2. The van der Waals surface area contributed by atoms with Crippen molar-refractivity contribution in [1.29, 1.82) is 0 Å². The number of carbonyl (C=O) groups is 2. The molecule has 0 aliphatic carbocycles. The molecule has 2 aromatic rings. The average molecular weight is 312 g/mol. The van der Waals surface area contributed by atoms with Gasteiger partial charge >= 0.3 is 6.03 Å². The van der Waals surface area contributed by atoms with Crippen molar-refractivity contribution < 1.29 is 9.59 Å². The molecule has 1 heterocycles. The van der Waals surface area contributed by atoms with E-state index >= 15 is 0 Å². The first-order valence-corrected chi connectivity index (χ1v) is 7.38. The van der Waals surface area contributed by atoms with Gasteiger partial charge in [0.2, 0.25) is 5.91 Å². The lowest BCUT2D eigenvalue weighted by atomic mass is 10.2. The number of nitrogens with one attached hydrogen (secondary N) is 2. The summed E-state index contributed by atoms with van der Waals surface area (Å²) >= 11 is 0. The summed E-state index contributed by atoms with van der Waals surface area (Å²) in [5.74, 6) is -0.137. The SMILES string of the molecule is CN(CCc1ccncc1)C(=O)CNC(=O)Nc1ccccc1. The number of rotatable bonds is 6. The minimum absolute atomic E-state index is 0.0362. The summed E-state index contributed by atoms with van der Waals surface area (Å²) in [6.45, 7) is 0.552. The van der Waals surface area contributed by atoms with Gasteiger partial charge < -0.3 is 15.5 Å². The van der Waals surface area contributed by atoms with Crippen LogP contribution >= 0.6 is 0 Å². The maximum atomic E-state index is 12.0. The van der Waals surface area contributed by atoms with Gasteiger partial charge in [0.05, 0.1) is 6.54 Å². The fraction of sp³-hybridized carbons (Fsp3) is 0.235. The maximum absolute atomic E-state index is 12.0. The van der Waals surface area contributed by atoms with Crippen molar-refractivity contribution in [2.45, 2.75) is 6.42 Å². The largest absolute Gasteiger partial charge is 0.344 e. The molecule has 3 amide bonds. The number of aromatic nitrogens is 1. The third-order valence-corrected chi connectivity index (χ3v) is 3.34. The van der Waals surface area contributed by atoms with E-state index in [4.69, 9.17) is 0 Å². The van der Waals surface area contributed by atoms with E-state index in [0.29, 0.717) is 12.2 Å². The van der Waals surface area contributed by atoms with E-state index in [1.54, 1.807) is 36.5 Å². The smallest absolute Gasteiger partial charge is 0.319 e. The third kappa shape index (κ3) is 5.78. The minimum atomic E-state index is -0.396. The fourth-order valence-corrected chi connectivity index (χ4v) is 1.96. The lowest BCUT2D eigenvalue weighted by Crippen LogP contribution is -2.40. The molecule has 6 heteroatoms. The van der Waals surface area contributed by atoms with Crippen molar-refractivity contribution in [3.8, 4) is 0 Å². The lowest BCUT2D eigenvalue weighted by molar-refractivity contribution is -0.128. The number of nitrogens with zero attached hydrogens (tertiary/aromatic N) is 2. The van der Waals surface area contributed by atoms with E-state index in [1.165, 1.54) is 0 Å². The number of urea groups is 1. The van der Waals surface area contributed by atoms with E-state index < -0.39 is 6.03 Å². The Morgan fingerprint density at radius 3 is 2.48 bits per heavy atom. The second-order valence-electron chi connectivity index (χ2n) is 5.09. The highest BCUT2D eigenvalue weighted by Crippen LogP contribution is 2.04. The van der Waals surface area contributed by atoms with Crippen molar-refractivity contribution in [1.82, 2.24) is 15.2 Å². The van der Waals surface area contributed by atoms with Crippen LogP contribution in [0.3, 0.4) is 0 Å². The summed E-state index contributed by atoms with van der Waals surface area (Å²) in [6, 6.07) is 12.5. The first kappa shape index (κ1) is 16.5. The topological polar surface area (TPSA) is 74.3 Å². The van der Waals surface area contributed by atoms with Crippen LogP contribution in [0.5, 0.6) is 0 Å². The molecule has 0 atom stereocenters. The van der Waals surface area contributed by atoms with Gasteiger partial charge in [0.15, 0.2) is 0 Å². The molecule has 0 spiro atoms. The number of hydrogen-bond donors (Lipinski definition) is 2. The highest BCUT2D eigenvalue weighted by atomic mass is 16.2. The van der Waals surface area contributed by atoms with E-state index in [0.717, 1.165) is 12.0 Å². The Morgan fingerprint density at radius 1 is 1.09 bits per heavy atom. The van der Waals surface area contributed by atoms with Crippen molar-refractivity contribution in [3.05, 3.63) is 60.4 Å². The Balaban J connectivity index is 1.70. The maximum Gasteiger partial charge on any atom is 0.319 e. The Kier molecular flexibility index (Phi) is 6.11. The molecule has 0 unspecified atom stereocenters.